The minimum atomic E-state index is -1.30. The summed E-state index contributed by atoms with van der Waals surface area (Å²) in [5.41, 5.74) is -0.0794. The van der Waals surface area contributed by atoms with E-state index in [4.69, 9.17) is 21.8 Å². The number of carbonyl (C=O) groups excluding carboxylic acids is 1. The molecule has 0 fully saturated rings. The zero-order valence-electron chi connectivity index (χ0n) is 7.99. The van der Waals surface area contributed by atoms with E-state index in [9.17, 15) is 14.4 Å². The number of hydrogen-bond donors (Lipinski definition) is 3. The second-order valence-electron chi connectivity index (χ2n) is 3.02. The highest BCUT2D eigenvalue weighted by molar-refractivity contribution is 6.34. The van der Waals surface area contributed by atoms with Crippen LogP contribution in [0.4, 0.5) is 0 Å². The zero-order valence-corrected chi connectivity index (χ0v) is 8.74. The highest BCUT2D eigenvalue weighted by Crippen LogP contribution is 2.25. The first kappa shape index (κ1) is 12.3. The molecule has 0 aliphatic carbocycles. The van der Waals surface area contributed by atoms with Gasteiger partial charge in [0.2, 0.25) is 0 Å². The Balaban J connectivity index is 3.10. The van der Waals surface area contributed by atoms with E-state index >= 15 is 0 Å². The highest BCUT2D eigenvalue weighted by atomic mass is 35.5. The third-order valence-electron chi connectivity index (χ3n) is 1.99. The maximum absolute atomic E-state index is 10.7. The fraction of sp³-hybridized carbons (Fsp3) is 0.222. The summed E-state index contributed by atoms with van der Waals surface area (Å²) in [6.07, 6.45) is 0.193. The first-order valence-electron chi connectivity index (χ1n) is 4.28. The fourth-order valence-corrected chi connectivity index (χ4v) is 1.58. The van der Waals surface area contributed by atoms with E-state index in [0.717, 1.165) is 0 Å². The monoisotopic (exact) mass is 245 g/mol. The summed E-state index contributed by atoms with van der Waals surface area (Å²) in [7, 11) is 0. The van der Waals surface area contributed by atoms with E-state index in [1.807, 2.05) is 0 Å². The minimum absolute atomic E-state index is 0.00338. The number of aromatic carboxylic acids is 1. The summed E-state index contributed by atoms with van der Waals surface area (Å²) < 4.78 is 0. The Labute approximate surface area is 94.8 Å². The van der Waals surface area contributed by atoms with Gasteiger partial charge in [-0.25, -0.2) is 4.79 Å². The Morgan fingerprint density at radius 2 is 2.00 bits per heavy atom. The molecule has 0 spiro atoms. The molecule has 16 heavy (non-hydrogen) atoms. The minimum Gasteiger partial charge on any atom is -0.481 e. The van der Waals surface area contributed by atoms with Crippen LogP contribution >= 0.6 is 11.6 Å². The number of carboxylic acids is 2. The molecule has 0 saturated carbocycles. The smallest absolute Gasteiger partial charge is 0.353 e. The van der Waals surface area contributed by atoms with Crippen molar-refractivity contribution >= 4 is 29.8 Å². The van der Waals surface area contributed by atoms with Gasteiger partial charge in [-0.3, -0.25) is 9.59 Å². The molecule has 0 saturated heterocycles. The third-order valence-corrected chi connectivity index (χ3v) is 2.41. The molecular formula is C9H8ClNO5. The zero-order chi connectivity index (χ0) is 12.3. The number of aliphatic carboxylic acids is 1. The maximum atomic E-state index is 10.7. The third kappa shape index (κ3) is 2.40. The summed E-state index contributed by atoms with van der Waals surface area (Å²) >= 11 is 5.72. The molecule has 0 radical (unpaired) electrons. The molecule has 0 amide bonds. The number of rotatable bonds is 5. The number of aldehydes is 1. The van der Waals surface area contributed by atoms with Crippen LogP contribution in [0.15, 0.2) is 0 Å². The second kappa shape index (κ2) is 4.80. The van der Waals surface area contributed by atoms with Gasteiger partial charge in [-0.1, -0.05) is 11.6 Å². The fourth-order valence-electron chi connectivity index (χ4n) is 1.26. The first-order chi connectivity index (χ1) is 7.47. The number of halogens is 1. The number of aromatic nitrogens is 1. The van der Waals surface area contributed by atoms with Gasteiger partial charge in [0.05, 0.1) is 10.7 Å². The number of nitrogens with one attached hydrogen (secondary N) is 1. The molecule has 1 aromatic heterocycles. The van der Waals surface area contributed by atoms with Crippen molar-refractivity contribution in [3.63, 3.8) is 0 Å². The summed E-state index contributed by atoms with van der Waals surface area (Å²) in [4.78, 5) is 34.0. The number of carboxylic acid groups (broad SMARTS) is 2. The van der Waals surface area contributed by atoms with Crippen LogP contribution < -0.4 is 0 Å². The molecule has 0 aliphatic rings. The van der Waals surface area contributed by atoms with Gasteiger partial charge in [-0.05, 0) is 6.42 Å². The Bertz CT molecular complexity index is 451. The van der Waals surface area contributed by atoms with Gasteiger partial charge in [0.25, 0.3) is 0 Å². The molecule has 0 unspecified atom stereocenters. The molecular weight excluding hydrogens is 238 g/mol. The van der Waals surface area contributed by atoms with Crippen molar-refractivity contribution in [1.29, 1.82) is 0 Å². The molecule has 6 nitrogen and oxygen atoms in total. The summed E-state index contributed by atoms with van der Waals surface area (Å²) in [5, 5.41) is 17.1. The van der Waals surface area contributed by atoms with Gasteiger partial charge >= 0.3 is 11.9 Å². The lowest BCUT2D eigenvalue weighted by Crippen LogP contribution is -1.99. The lowest BCUT2D eigenvalue weighted by Gasteiger charge is -1.97. The number of carbonyl (C=O) groups is 3. The average Bonchev–Trinajstić information content (AvgIpc) is 2.52. The molecule has 0 aromatic carbocycles. The van der Waals surface area contributed by atoms with Crippen LogP contribution in [0.1, 0.15) is 33.0 Å². The van der Waals surface area contributed by atoms with Crippen LogP contribution in [0, 0.1) is 0 Å². The van der Waals surface area contributed by atoms with Crippen LogP contribution in [-0.4, -0.2) is 33.4 Å². The Morgan fingerprint density at radius 1 is 1.38 bits per heavy atom. The summed E-state index contributed by atoms with van der Waals surface area (Å²) in [5.74, 6) is -2.35. The number of H-pyrrole nitrogens is 1. The maximum Gasteiger partial charge on any atom is 0.353 e. The van der Waals surface area contributed by atoms with Crippen LogP contribution in [0.2, 0.25) is 5.02 Å². The standard InChI is InChI=1S/C9H8ClNO5/c10-7-4(1-2-6(13)14)5(3-12)11-8(7)9(15)16/h3,11H,1-2H2,(H,13,14)(H,15,16). The van der Waals surface area contributed by atoms with Crippen molar-refractivity contribution in [1.82, 2.24) is 4.98 Å². The largest absolute Gasteiger partial charge is 0.481 e. The van der Waals surface area contributed by atoms with Crippen molar-refractivity contribution < 1.29 is 24.6 Å². The molecule has 0 bridgehead atoms. The predicted molar refractivity (Wildman–Crippen MR) is 54.1 cm³/mol. The van der Waals surface area contributed by atoms with Crippen LogP contribution in [0.3, 0.4) is 0 Å². The molecule has 86 valence electrons. The molecule has 1 heterocycles. The predicted octanol–water partition coefficient (Wildman–Crippen LogP) is 1.20. The summed E-state index contributed by atoms with van der Waals surface area (Å²) in [6.45, 7) is 0. The van der Waals surface area contributed by atoms with E-state index in [1.165, 1.54) is 0 Å². The number of hydrogen-bond acceptors (Lipinski definition) is 3. The van der Waals surface area contributed by atoms with Crippen molar-refractivity contribution in [2.75, 3.05) is 0 Å². The summed E-state index contributed by atoms with van der Waals surface area (Å²) in [6, 6.07) is 0. The van der Waals surface area contributed by atoms with E-state index < -0.39 is 11.9 Å². The molecule has 3 N–H and O–H groups in total. The molecule has 0 aliphatic heterocycles. The van der Waals surface area contributed by atoms with E-state index in [0.29, 0.717) is 6.29 Å². The van der Waals surface area contributed by atoms with Gasteiger partial charge in [-0.15, -0.1) is 0 Å². The van der Waals surface area contributed by atoms with Gasteiger partial charge in [0.1, 0.15) is 5.69 Å². The van der Waals surface area contributed by atoms with Crippen molar-refractivity contribution in [2.45, 2.75) is 12.8 Å². The van der Waals surface area contributed by atoms with E-state index in [1.54, 1.807) is 0 Å². The Hall–Kier alpha value is -1.82. The van der Waals surface area contributed by atoms with Crippen molar-refractivity contribution in [2.24, 2.45) is 0 Å². The lowest BCUT2D eigenvalue weighted by molar-refractivity contribution is -0.136. The Morgan fingerprint density at radius 3 is 2.44 bits per heavy atom. The second-order valence-corrected chi connectivity index (χ2v) is 3.40. The highest BCUT2D eigenvalue weighted by Gasteiger charge is 2.20. The van der Waals surface area contributed by atoms with E-state index in [2.05, 4.69) is 4.98 Å². The van der Waals surface area contributed by atoms with E-state index in [-0.39, 0.29) is 34.8 Å². The van der Waals surface area contributed by atoms with Gasteiger partial charge in [0.15, 0.2) is 6.29 Å². The van der Waals surface area contributed by atoms with Crippen molar-refractivity contribution in [3.8, 4) is 0 Å². The Kier molecular flexibility index (Phi) is 3.68. The molecule has 7 heteroatoms. The van der Waals surface area contributed by atoms with Crippen LogP contribution in [0.25, 0.3) is 0 Å². The normalized spacial score (nSPS) is 10.1. The topological polar surface area (TPSA) is 107 Å². The number of aromatic amines is 1. The quantitative estimate of drug-likeness (QED) is 0.676. The lowest BCUT2D eigenvalue weighted by atomic mass is 10.1. The average molecular weight is 246 g/mol. The molecule has 0 atom stereocenters. The SMILES string of the molecule is O=Cc1[nH]c(C(=O)O)c(Cl)c1CCC(=O)O. The van der Waals surface area contributed by atoms with Crippen molar-refractivity contribution in [3.05, 3.63) is 22.0 Å². The van der Waals surface area contributed by atoms with Gasteiger partial charge in [0, 0.05) is 12.0 Å². The molecule has 1 rings (SSSR count). The first-order valence-corrected chi connectivity index (χ1v) is 4.65. The van der Waals surface area contributed by atoms with Gasteiger partial charge < -0.3 is 15.2 Å². The van der Waals surface area contributed by atoms with Crippen LogP contribution in [-0.2, 0) is 11.2 Å². The molecule has 1 aromatic rings. The van der Waals surface area contributed by atoms with Gasteiger partial charge in [-0.2, -0.15) is 0 Å². The van der Waals surface area contributed by atoms with Crippen LogP contribution in [0.5, 0.6) is 0 Å².